The third-order valence-corrected chi connectivity index (χ3v) is 5.52. The molecule has 144 valence electrons. The third-order valence-electron chi connectivity index (χ3n) is 5.52. The predicted molar refractivity (Wildman–Crippen MR) is 106 cm³/mol. The Morgan fingerprint density at radius 1 is 0.929 bits per heavy atom. The summed E-state index contributed by atoms with van der Waals surface area (Å²) in [6.07, 6.45) is 0.163. The molecule has 4 rings (SSSR count). The number of hydrogen-bond acceptors (Lipinski definition) is 4. The normalized spacial score (nSPS) is 17.0. The Balaban J connectivity index is 1.39. The Kier molecular flexibility index (Phi) is 4.86. The largest absolute Gasteiger partial charge is 0.368 e. The van der Waals surface area contributed by atoms with Crippen molar-refractivity contribution in [2.75, 3.05) is 37.6 Å². The lowest BCUT2D eigenvalue weighted by molar-refractivity contribution is -0.138. The van der Waals surface area contributed by atoms with Gasteiger partial charge < -0.3 is 9.80 Å². The zero-order valence-corrected chi connectivity index (χ0v) is 15.9. The van der Waals surface area contributed by atoms with Crippen molar-refractivity contribution in [3.63, 3.8) is 0 Å². The molecule has 2 aromatic carbocycles. The van der Waals surface area contributed by atoms with E-state index < -0.39 is 0 Å². The molecule has 3 amide bonds. The maximum Gasteiger partial charge on any atom is 0.261 e. The number of hydrogen-bond donors (Lipinski definition) is 0. The summed E-state index contributed by atoms with van der Waals surface area (Å²) in [5.41, 5.74) is 3.64. The maximum absolute atomic E-state index is 12.7. The van der Waals surface area contributed by atoms with Crippen LogP contribution in [-0.4, -0.2) is 60.2 Å². The van der Waals surface area contributed by atoms with E-state index in [0.29, 0.717) is 18.7 Å². The molecule has 0 radical (unpaired) electrons. The third kappa shape index (κ3) is 3.38. The molecule has 0 bridgehead atoms. The fourth-order valence-corrected chi connectivity index (χ4v) is 3.91. The van der Waals surface area contributed by atoms with Crippen molar-refractivity contribution in [2.24, 2.45) is 0 Å². The summed E-state index contributed by atoms with van der Waals surface area (Å²) in [5, 5.41) is 0. The molecular formula is C22H23N3O3. The van der Waals surface area contributed by atoms with Crippen molar-refractivity contribution in [2.45, 2.75) is 13.3 Å². The number of para-hydroxylation sites is 1. The molecule has 0 N–H and O–H groups in total. The Morgan fingerprint density at radius 2 is 1.61 bits per heavy atom. The van der Waals surface area contributed by atoms with Crippen molar-refractivity contribution in [3.8, 4) is 0 Å². The molecule has 0 aromatic heterocycles. The lowest BCUT2D eigenvalue weighted by Crippen LogP contribution is -2.53. The van der Waals surface area contributed by atoms with Gasteiger partial charge in [-0.3, -0.25) is 19.3 Å². The smallest absolute Gasteiger partial charge is 0.261 e. The van der Waals surface area contributed by atoms with Crippen LogP contribution in [0.3, 0.4) is 0 Å². The molecular weight excluding hydrogens is 354 g/mol. The van der Waals surface area contributed by atoms with E-state index in [4.69, 9.17) is 0 Å². The fraction of sp³-hybridized carbons (Fsp3) is 0.318. The van der Waals surface area contributed by atoms with Gasteiger partial charge in [0.15, 0.2) is 0 Å². The SMILES string of the molecule is Cc1ccccc1N1CCN(C(=O)CN2C(=O)Cc3ccccc3C2=O)CC1. The van der Waals surface area contributed by atoms with E-state index in [-0.39, 0.29) is 30.7 Å². The first-order valence-electron chi connectivity index (χ1n) is 9.55. The second-order valence-corrected chi connectivity index (χ2v) is 7.27. The molecule has 28 heavy (non-hydrogen) atoms. The molecule has 2 aliphatic rings. The summed E-state index contributed by atoms with van der Waals surface area (Å²) in [4.78, 5) is 42.9. The van der Waals surface area contributed by atoms with Crippen LogP contribution < -0.4 is 4.90 Å². The van der Waals surface area contributed by atoms with Crippen molar-refractivity contribution in [1.29, 1.82) is 0 Å². The van der Waals surface area contributed by atoms with E-state index in [2.05, 4.69) is 24.0 Å². The predicted octanol–water partition coefficient (Wildman–Crippen LogP) is 1.87. The van der Waals surface area contributed by atoms with Crippen LogP contribution in [0.15, 0.2) is 48.5 Å². The minimum Gasteiger partial charge on any atom is -0.368 e. The minimum atomic E-state index is -0.376. The molecule has 2 aromatic rings. The van der Waals surface area contributed by atoms with Crippen molar-refractivity contribution in [3.05, 3.63) is 65.2 Å². The highest BCUT2D eigenvalue weighted by Gasteiger charge is 2.33. The van der Waals surface area contributed by atoms with Gasteiger partial charge in [-0.2, -0.15) is 0 Å². The fourth-order valence-electron chi connectivity index (χ4n) is 3.91. The van der Waals surface area contributed by atoms with E-state index in [1.54, 1.807) is 23.1 Å². The van der Waals surface area contributed by atoms with E-state index >= 15 is 0 Å². The van der Waals surface area contributed by atoms with Crippen LogP contribution in [0.5, 0.6) is 0 Å². The van der Waals surface area contributed by atoms with Crippen LogP contribution in [0, 0.1) is 6.92 Å². The number of benzene rings is 2. The Hall–Kier alpha value is -3.15. The number of piperazine rings is 1. The number of nitrogens with zero attached hydrogens (tertiary/aromatic N) is 3. The lowest BCUT2D eigenvalue weighted by Gasteiger charge is -2.37. The van der Waals surface area contributed by atoms with Gasteiger partial charge in [0.1, 0.15) is 6.54 Å². The molecule has 6 heteroatoms. The van der Waals surface area contributed by atoms with Crippen LogP contribution in [0.1, 0.15) is 21.5 Å². The van der Waals surface area contributed by atoms with Gasteiger partial charge in [-0.05, 0) is 30.2 Å². The Labute approximate surface area is 164 Å². The Morgan fingerprint density at radius 3 is 2.36 bits per heavy atom. The molecule has 1 saturated heterocycles. The highest BCUT2D eigenvalue weighted by Crippen LogP contribution is 2.22. The maximum atomic E-state index is 12.7. The molecule has 2 aliphatic heterocycles. The average molecular weight is 377 g/mol. The number of amides is 3. The minimum absolute atomic E-state index is 0.163. The van der Waals surface area contributed by atoms with Crippen LogP contribution in [0.25, 0.3) is 0 Å². The first-order chi connectivity index (χ1) is 13.5. The summed E-state index contributed by atoms with van der Waals surface area (Å²) < 4.78 is 0. The summed E-state index contributed by atoms with van der Waals surface area (Å²) in [7, 11) is 0. The first-order valence-corrected chi connectivity index (χ1v) is 9.55. The number of rotatable bonds is 3. The quantitative estimate of drug-likeness (QED) is 0.767. The van der Waals surface area contributed by atoms with Gasteiger partial charge in [-0.1, -0.05) is 36.4 Å². The van der Waals surface area contributed by atoms with Crippen molar-refractivity contribution in [1.82, 2.24) is 9.80 Å². The van der Waals surface area contributed by atoms with Gasteiger partial charge in [-0.15, -0.1) is 0 Å². The summed E-state index contributed by atoms with van der Waals surface area (Å²) in [6, 6.07) is 15.3. The zero-order chi connectivity index (χ0) is 19.7. The van der Waals surface area contributed by atoms with E-state index in [1.165, 1.54) is 11.3 Å². The van der Waals surface area contributed by atoms with Crippen molar-refractivity contribution >= 4 is 23.4 Å². The van der Waals surface area contributed by atoms with Crippen LogP contribution in [0.4, 0.5) is 5.69 Å². The molecule has 0 unspecified atom stereocenters. The molecule has 0 saturated carbocycles. The Bertz CT molecular complexity index is 932. The molecule has 1 fully saturated rings. The van der Waals surface area contributed by atoms with Gasteiger partial charge in [0.2, 0.25) is 11.8 Å². The molecule has 0 atom stereocenters. The van der Waals surface area contributed by atoms with Crippen LogP contribution in [-0.2, 0) is 16.0 Å². The summed E-state index contributed by atoms with van der Waals surface area (Å²) >= 11 is 0. The summed E-state index contributed by atoms with van der Waals surface area (Å²) in [6.45, 7) is 4.54. The van der Waals surface area contributed by atoms with Crippen LogP contribution >= 0.6 is 0 Å². The average Bonchev–Trinajstić information content (AvgIpc) is 2.71. The van der Waals surface area contributed by atoms with Gasteiger partial charge in [0, 0.05) is 37.4 Å². The van der Waals surface area contributed by atoms with Crippen LogP contribution in [0.2, 0.25) is 0 Å². The number of fused-ring (bicyclic) bond motifs is 1. The number of anilines is 1. The van der Waals surface area contributed by atoms with Gasteiger partial charge in [0.05, 0.1) is 6.42 Å². The van der Waals surface area contributed by atoms with Gasteiger partial charge >= 0.3 is 0 Å². The second kappa shape index (κ2) is 7.46. The monoisotopic (exact) mass is 377 g/mol. The van der Waals surface area contributed by atoms with E-state index in [0.717, 1.165) is 23.6 Å². The molecule has 2 heterocycles. The number of aryl methyl sites for hydroxylation is 1. The zero-order valence-electron chi connectivity index (χ0n) is 15.9. The first kappa shape index (κ1) is 18.2. The van der Waals surface area contributed by atoms with Gasteiger partial charge in [-0.25, -0.2) is 0 Å². The molecule has 0 aliphatic carbocycles. The van der Waals surface area contributed by atoms with Gasteiger partial charge in [0.25, 0.3) is 5.91 Å². The second-order valence-electron chi connectivity index (χ2n) is 7.27. The summed E-state index contributed by atoms with van der Waals surface area (Å²) in [5.74, 6) is -0.861. The lowest BCUT2D eigenvalue weighted by atomic mass is 9.98. The van der Waals surface area contributed by atoms with Crippen molar-refractivity contribution < 1.29 is 14.4 Å². The topological polar surface area (TPSA) is 60.9 Å². The van der Waals surface area contributed by atoms with E-state index in [9.17, 15) is 14.4 Å². The molecule has 0 spiro atoms. The highest BCUT2D eigenvalue weighted by atomic mass is 16.2. The highest BCUT2D eigenvalue weighted by molar-refractivity contribution is 6.11. The number of carbonyl (C=O) groups is 3. The number of imide groups is 1. The number of carbonyl (C=O) groups excluding carboxylic acids is 3. The molecule has 6 nitrogen and oxygen atoms in total. The standard InChI is InChI=1S/C22H23N3O3/c1-16-6-2-5-9-19(16)23-10-12-24(13-11-23)21(27)15-25-20(26)14-17-7-3-4-8-18(17)22(25)28/h2-9H,10-15H2,1H3. The van der Waals surface area contributed by atoms with E-state index in [1.807, 2.05) is 18.2 Å².